The summed E-state index contributed by atoms with van der Waals surface area (Å²) in [5, 5.41) is 2.98. The van der Waals surface area contributed by atoms with Crippen molar-refractivity contribution < 1.29 is 9.18 Å². The summed E-state index contributed by atoms with van der Waals surface area (Å²) in [4.78, 5) is 20.2. The third-order valence-electron chi connectivity index (χ3n) is 3.03. The number of carbonyl (C=O) groups excluding carboxylic acids is 1. The lowest BCUT2D eigenvalue weighted by atomic mass is 10.1. The molecular weight excluding hydrogens is 271 g/mol. The molecule has 0 saturated heterocycles. The fourth-order valence-corrected chi connectivity index (χ4v) is 2.01. The van der Waals surface area contributed by atoms with Crippen LogP contribution in [0.4, 0.5) is 10.2 Å². The number of halogens is 1. The smallest absolute Gasteiger partial charge is 0.244 e. The molecule has 1 aromatic heterocycles. The van der Waals surface area contributed by atoms with Crippen molar-refractivity contribution in [2.24, 2.45) is 5.73 Å². The molecule has 0 fully saturated rings. The molecule has 1 unspecified atom stereocenters. The van der Waals surface area contributed by atoms with Crippen LogP contribution in [0.15, 0.2) is 30.3 Å². The zero-order valence-electron chi connectivity index (χ0n) is 11.9. The van der Waals surface area contributed by atoms with Gasteiger partial charge in [-0.15, -0.1) is 0 Å². The van der Waals surface area contributed by atoms with E-state index < -0.39 is 11.9 Å². The Kier molecular flexibility index (Phi) is 4.47. The Morgan fingerprint density at radius 2 is 2.00 bits per heavy atom. The molecule has 1 atom stereocenters. The Bertz CT molecular complexity index is 643. The Morgan fingerprint density at radius 1 is 1.33 bits per heavy atom. The van der Waals surface area contributed by atoms with Crippen molar-refractivity contribution in [2.75, 3.05) is 5.32 Å². The highest BCUT2D eigenvalue weighted by molar-refractivity contribution is 5.84. The average molecular weight is 288 g/mol. The maximum atomic E-state index is 13.0. The van der Waals surface area contributed by atoms with E-state index in [1.807, 2.05) is 6.92 Å². The molecule has 1 aromatic carbocycles. The Morgan fingerprint density at radius 3 is 2.57 bits per heavy atom. The number of hydrogen-bond acceptors (Lipinski definition) is 4. The van der Waals surface area contributed by atoms with Gasteiger partial charge in [-0.2, -0.15) is 0 Å². The summed E-state index contributed by atoms with van der Waals surface area (Å²) in [5.41, 5.74) is 6.87. The van der Waals surface area contributed by atoms with Crippen LogP contribution in [0.2, 0.25) is 0 Å². The van der Waals surface area contributed by atoms with Gasteiger partial charge in [-0.3, -0.25) is 4.79 Å². The molecule has 0 aliphatic rings. The molecule has 6 heteroatoms. The number of nitrogens with two attached hydrogens (primary N) is 1. The lowest BCUT2D eigenvalue weighted by molar-refractivity contribution is -0.118. The molecule has 0 saturated carbocycles. The summed E-state index contributed by atoms with van der Waals surface area (Å²) in [6.45, 7) is 3.76. The van der Waals surface area contributed by atoms with Gasteiger partial charge in [0.2, 0.25) is 5.91 Å². The Balaban J connectivity index is 2.30. The van der Waals surface area contributed by atoms with Crippen LogP contribution in [-0.2, 0) is 11.2 Å². The minimum Gasteiger partial charge on any atom is -0.368 e. The van der Waals surface area contributed by atoms with Crippen LogP contribution >= 0.6 is 0 Å². The predicted octanol–water partition coefficient (Wildman–Crippen LogP) is 2.13. The van der Waals surface area contributed by atoms with Crippen LogP contribution in [0.3, 0.4) is 0 Å². The molecule has 2 rings (SSSR count). The topological polar surface area (TPSA) is 80.9 Å². The van der Waals surface area contributed by atoms with Gasteiger partial charge in [-0.25, -0.2) is 14.4 Å². The highest BCUT2D eigenvalue weighted by Gasteiger charge is 2.18. The largest absolute Gasteiger partial charge is 0.368 e. The second kappa shape index (κ2) is 6.30. The quantitative estimate of drug-likeness (QED) is 0.883. The number of rotatable bonds is 5. The summed E-state index contributed by atoms with van der Waals surface area (Å²) in [6.07, 6.45) is 0.760. The zero-order valence-corrected chi connectivity index (χ0v) is 11.9. The summed E-state index contributed by atoms with van der Waals surface area (Å²) in [7, 11) is 0. The van der Waals surface area contributed by atoms with Gasteiger partial charge in [0.15, 0.2) is 0 Å². The maximum absolute atomic E-state index is 13.0. The summed E-state index contributed by atoms with van der Waals surface area (Å²) in [5.74, 6) is 0.204. The molecule has 5 nitrogen and oxygen atoms in total. The minimum atomic E-state index is -0.774. The number of carbonyl (C=O) groups is 1. The monoisotopic (exact) mass is 288 g/mol. The minimum absolute atomic E-state index is 0.367. The molecule has 2 aromatic rings. The van der Waals surface area contributed by atoms with Crippen LogP contribution in [-0.4, -0.2) is 15.9 Å². The number of aromatic nitrogens is 2. The van der Waals surface area contributed by atoms with Crippen molar-refractivity contribution in [2.45, 2.75) is 26.3 Å². The van der Waals surface area contributed by atoms with Crippen molar-refractivity contribution in [1.82, 2.24) is 9.97 Å². The molecule has 1 amide bonds. The first-order valence-corrected chi connectivity index (χ1v) is 6.65. The van der Waals surface area contributed by atoms with Gasteiger partial charge >= 0.3 is 0 Å². The highest BCUT2D eigenvalue weighted by Crippen LogP contribution is 2.19. The molecule has 0 bridgehead atoms. The number of aryl methyl sites for hydroxylation is 2. The molecule has 3 N–H and O–H groups in total. The summed E-state index contributed by atoms with van der Waals surface area (Å²) < 4.78 is 13.0. The SMILES string of the molecule is CCc1cc(NC(C(N)=O)c2ccc(F)cc2)nc(C)n1. The fraction of sp³-hybridized carbons (Fsp3) is 0.267. The second-order valence-electron chi connectivity index (χ2n) is 4.68. The normalized spacial score (nSPS) is 12.0. The van der Waals surface area contributed by atoms with Crippen molar-refractivity contribution in [1.29, 1.82) is 0 Å². The van der Waals surface area contributed by atoms with E-state index in [9.17, 15) is 9.18 Å². The standard InChI is InChI=1S/C15H17FN4O/c1-3-12-8-13(19-9(2)18-12)20-14(15(17)21)10-4-6-11(16)7-5-10/h4-8,14H,3H2,1-2H3,(H2,17,21)(H,18,19,20). The van der Waals surface area contributed by atoms with E-state index in [2.05, 4.69) is 15.3 Å². The van der Waals surface area contributed by atoms with Gasteiger partial charge in [-0.05, 0) is 31.0 Å². The van der Waals surface area contributed by atoms with E-state index >= 15 is 0 Å². The van der Waals surface area contributed by atoms with Gasteiger partial charge in [0, 0.05) is 11.8 Å². The third-order valence-corrected chi connectivity index (χ3v) is 3.03. The molecule has 110 valence electrons. The van der Waals surface area contributed by atoms with Gasteiger partial charge < -0.3 is 11.1 Å². The maximum Gasteiger partial charge on any atom is 0.244 e. The zero-order chi connectivity index (χ0) is 15.4. The molecule has 0 radical (unpaired) electrons. The van der Waals surface area contributed by atoms with Gasteiger partial charge in [-0.1, -0.05) is 19.1 Å². The van der Waals surface area contributed by atoms with Crippen molar-refractivity contribution in [3.8, 4) is 0 Å². The lowest BCUT2D eigenvalue weighted by Gasteiger charge is -2.17. The average Bonchev–Trinajstić information content (AvgIpc) is 2.45. The van der Waals surface area contributed by atoms with E-state index in [1.54, 1.807) is 13.0 Å². The molecule has 0 aliphatic heterocycles. The van der Waals surface area contributed by atoms with Gasteiger partial charge in [0.25, 0.3) is 0 Å². The Hall–Kier alpha value is -2.50. The second-order valence-corrected chi connectivity index (χ2v) is 4.68. The number of anilines is 1. The van der Waals surface area contributed by atoms with E-state index in [4.69, 9.17) is 5.73 Å². The molecule has 0 aliphatic carbocycles. The van der Waals surface area contributed by atoms with Gasteiger partial charge in [0.1, 0.15) is 23.5 Å². The van der Waals surface area contributed by atoms with Crippen LogP contribution in [0, 0.1) is 12.7 Å². The number of amides is 1. The molecular formula is C15H17FN4O. The number of primary amides is 1. The van der Waals surface area contributed by atoms with Crippen LogP contribution in [0.25, 0.3) is 0 Å². The first-order chi connectivity index (χ1) is 9.99. The first kappa shape index (κ1) is 14.9. The number of nitrogens with zero attached hydrogens (tertiary/aromatic N) is 2. The van der Waals surface area contributed by atoms with Crippen LogP contribution < -0.4 is 11.1 Å². The Labute approximate surface area is 122 Å². The van der Waals surface area contributed by atoms with E-state index in [-0.39, 0.29) is 5.82 Å². The van der Waals surface area contributed by atoms with E-state index in [0.717, 1.165) is 12.1 Å². The van der Waals surface area contributed by atoms with E-state index in [0.29, 0.717) is 17.2 Å². The van der Waals surface area contributed by atoms with Crippen molar-refractivity contribution in [3.05, 3.63) is 53.2 Å². The number of benzene rings is 1. The first-order valence-electron chi connectivity index (χ1n) is 6.65. The highest BCUT2D eigenvalue weighted by atomic mass is 19.1. The van der Waals surface area contributed by atoms with Crippen molar-refractivity contribution >= 4 is 11.7 Å². The van der Waals surface area contributed by atoms with Gasteiger partial charge in [0.05, 0.1) is 0 Å². The number of hydrogen-bond donors (Lipinski definition) is 2. The van der Waals surface area contributed by atoms with E-state index in [1.165, 1.54) is 24.3 Å². The predicted molar refractivity (Wildman–Crippen MR) is 78.1 cm³/mol. The number of nitrogens with one attached hydrogen (secondary N) is 1. The van der Waals surface area contributed by atoms with Crippen LogP contribution in [0.5, 0.6) is 0 Å². The molecule has 21 heavy (non-hydrogen) atoms. The van der Waals surface area contributed by atoms with Crippen LogP contribution in [0.1, 0.15) is 30.0 Å². The molecule has 0 spiro atoms. The summed E-state index contributed by atoms with van der Waals surface area (Å²) >= 11 is 0. The third kappa shape index (κ3) is 3.75. The summed E-state index contributed by atoms with van der Waals surface area (Å²) in [6, 6.07) is 6.61. The lowest BCUT2D eigenvalue weighted by Crippen LogP contribution is -2.28. The fourth-order valence-electron chi connectivity index (χ4n) is 2.01. The van der Waals surface area contributed by atoms with Crippen molar-refractivity contribution in [3.63, 3.8) is 0 Å². The molecule has 1 heterocycles.